The zero-order valence-electron chi connectivity index (χ0n) is 15.8. The second kappa shape index (κ2) is 7.77. The Kier molecular flexibility index (Phi) is 5.35. The van der Waals surface area contributed by atoms with Crippen LogP contribution in [0.3, 0.4) is 0 Å². The number of nitrogens with zero attached hydrogens (tertiary/aromatic N) is 2. The predicted molar refractivity (Wildman–Crippen MR) is 106 cm³/mol. The average Bonchev–Trinajstić information content (AvgIpc) is 3.12. The molecule has 1 saturated heterocycles. The van der Waals surface area contributed by atoms with Gasteiger partial charge < -0.3 is 10.1 Å². The van der Waals surface area contributed by atoms with Crippen LogP contribution in [0.2, 0.25) is 0 Å². The van der Waals surface area contributed by atoms with Crippen molar-refractivity contribution in [1.82, 2.24) is 9.29 Å². The van der Waals surface area contributed by atoms with Crippen molar-refractivity contribution in [2.45, 2.75) is 25.9 Å². The van der Waals surface area contributed by atoms with E-state index in [0.717, 1.165) is 60.8 Å². The molecule has 8 heteroatoms. The normalized spacial score (nSPS) is 18.2. The molecule has 2 aromatic rings. The summed E-state index contributed by atoms with van der Waals surface area (Å²) in [7, 11) is -3.32. The minimum atomic E-state index is -3.32. The lowest BCUT2D eigenvalue weighted by molar-refractivity contribution is 0.0699. The van der Waals surface area contributed by atoms with Gasteiger partial charge in [0.25, 0.3) is 0 Å². The predicted octanol–water partition coefficient (Wildman–Crippen LogP) is 3.00. The van der Waals surface area contributed by atoms with Crippen LogP contribution in [0.25, 0.3) is 11.1 Å². The maximum atomic E-state index is 13.4. The van der Waals surface area contributed by atoms with Crippen LogP contribution in [0.1, 0.15) is 24.1 Å². The Hall–Kier alpha value is -2.03. The summed E-state index contributed by atoms with van der Waals surface area (Å²) in [5.74, 6) is 0.954. The molecule has 6 nitrogen and oxygen atoms in total. The Labute approximate surface area is 164 Å². The number of nitrogens with one attached hydrogen (secondary N) is 1. The molecule has 0 bridgehead atoms. The van der Waals surface area contributed by atoms with E-state index >= 15 is 0 Å². The Morgan fingerprint density at radius 1 is 1.21 bits per heavy atom. The molecule has 3 heterocycles. The number of sulfonamides is 1. The largest absolute Gasteiger partial charge is 0.381 e. The smallest absolute Gasteiger partial charge is 0.211 e. The summed E-state index contributed by atoms with van der Waals surface area (Å²) in [6.45, 7) is 2.92. The molecule has 1 aromatic carbocycles. The molecule has 4 rings (SSSR count). The number of hydrogen-bond donors (Lipinski definition) is 1. The standard InChI is InChI=1S/C20H24FN3O3S/c1-28(25,26)24-12-18-17(15-2-4-16(21)5-3-15)10-20(23-19(18)13-24)22-11-14-6-8-27-9-7-14/h2-5,10,14H,6-9,11-13H2,1H3,(H,22,23). The molecule has 1 N–H and O–H groups in total. The summed E-state index contributed by atoms with van der Waals surface area (Å²) in [6, 6.07) is 8.21. The van der Waals surface area contributed by atoms with Crippen molar-refractivity contribution in [3.8, 4) is 11.1 Å². The van der Waals surface area contributed by atoms with Crippen molar-refractivity contribution in [2.24, 2.45) is 5.92 Å². The molecule has 28 heavy (non-hydrogen) atoms. The van der Waals surface area contributed by atoms with Crippen molar-refractivity contribution in [1.29, 1.82) is 0 Å². The number of aromatic nitrogens is 1. The lowest BCUT2D eigenvalue weighted by atomic mass is 9.99. The van der Waals surface area contributed by atoms with E-state index in [1.54, 1.807) is 12.1 Å². The highest BCUT2D eigenvalue weighted by Gasteiger charge is 2.30. The monoisotopic (exact) mass is 405 g/mol. The fourth-order valence-corrected chi connectivity index (χ4v) is 4.46. The third-order valence-electron chi connectivity index (χ3n) is 5.41. The minimum Gasteiger partial charge on any atom is -0.381 e. The average molecular weight is 405 g/mol. The maximum absolute atomic E-state index is 13.4. The van der Waals surface area contributed by atoms with Crippen LogP contribution in [-0.4, -0.2) is 43.7 Å². The van der Waals surface area contributed by atoms with Gasteiger partial charge in [0.2, 0.25) is 10.0 Å². The van der Waals surface area contributed by atoms with Crippen LogP contribution in [0.15, 0.2) is 30.3 Å². The van der Waals surface area contributed by atoms with E-state index in [-0.39, 0.29) is 18.9 Å². The van der Waals surface area contributed by atoms with E-state index in [4.69, 9.17) is 4.74 Å². The molecule has 0 amide bonds. The van der Waals surface area contributed by atoms with Crippen LogP contribution in [0, 0.1) is 11.7 Å². The summed E-state index contributed by atoms with van der Waals surface area (Å²) in [6.07, 6.45) is 3.25. The molecule has 0 unspecified atom stereocenters. The van der Waals surface area contributed by atoms with Gasteiger partial charge in [0, 0.05) is 26.3 Å². The van der Waals surface area contributed by atoms with Gasteiger partial charge in [-0.15, -0.1) is 0 Å². The molecular weight excluding hydrogens is 381 g/mol. The molecule has 150 valence electrons. The van der Waals surface area contributed by atoms with Gasteiger partial charge in [-0.1, -0.05) is 12.1 Å². The van der Waals surface area contributed by atoms with Crippen LogP contribution in [0.4, 0.5) is 10.2 Å². The molecule has 1 fully saturated rings. The van der Waals surface area contributed by atoms with Gasteiger partial charge in [-0.2, -0.15) is 4.31 Å². The summed E-state index contributed by atoms with van der Waals surface area (Å²) < 4.78 is 44.3. The third kappa shape index (κ3) is 4.19. The SMILES string of the molecule is CS(=O)(=O)N1Cc2nc(NCC3CCOCC3)cc(-c3ccc(F)cc3)c2C1. The van der Waals surface area contributed by atoms with E-state index < -0.39 is 10.0 Å². The van der Waals surface area contributed by atoms with Crippen molar-refractivity contribution < 1.29 is 17.5 Å². The third-order valence-corrected chi connectivity index (χ3v) is 6.60. The van der Waals surface area contributed by atoms with Gasteiger partial charge in [-0.3, -0.25) is 0 Å². The Bertz CT molecular complexity index is 957. The first-order valence-electron chi connectivity index (χ1n) is 9.45. The van der Waals surface area contributed by atoms with Gasteiger partial charge in [-0.25, -0.2) is 17.8 Å². The highest BCUT2D eigenvalue weighted by Crippen LogP contribution is 2.35. The van der Waals surface area contributed by atoms with Crippen LogP contribution in [0.5, 0.6) is 0 Å². The number of benzene rings is 1. The highest BCUT2D eigenvalue weighted by molar-refractivity contribution is 7.88. The number of halogens is 1. The van der Waals surface area contributed by atoms with Gasteiger partial charge in [0.15, 0.2) is 0 Å². The lowest BCUT2D eigenvalue weighted by Crippen LogP contribution is -2.24. The fourth-order valence-electron chi connectivity index (χ4n) is 3.74. The molecule has 2 aliphatic rings. The molecule has 1 aromatic heterocycles. The number of anilines is 1. The second-order valence-electron chi connectivity index (χ2n) is 7.45. The number of fused-ring (bicyclic) bond motifs is 1. The van der Waals surface area contributed by atoms with E-state index in [0.29, 0.717) is 5.92 Å². The van der Waals surface area contributed by atoms with Gasteiger partial charge in [0.1, 0.15) is 11.6 Å². The molecular formula is C20H24FN3O3S. The second-order valence-corrected chi connectivity index (χ2v) is 9.44. The molecule has 0 saturated carbocycles. The fraction of sp³-hybridized carbons (Fsp3) is 0.450. The van der Waals surface area contributed by atoms with Gasteiger partial charge in [0.05, 0.1) is 18.5 Å². The molecule has 0 atom stereocenters. The van der Waals surface area contributed by atoms with Gasteiger partial charge >= 0.3 is 0 Å². The molecule has 0 spiro atoms. The Balaban J connectivity index is 1.65. The summed E-state index contributed by atoms with van der Waals surface area (Å²) in [5.41, 5.74) is 3.38. The van der Waals surface area contributed by atoms with E-state index in [1.807, 2.05) is 6.07 Å². The molecule has 0 aliphatic carbocycles. The van der Waals surface area contributed by atoms with Crippen LogP contribution < -0.4 is 5.32 Å². The maximum Gasteiger partial charge on any atom is 0.211 e. The lowest BCUT2D eigenvalue weighted by Gasteiger charge is -2.22. The van der Waals surface area contributed by atoms with Crippen molar-refractivity contribution in [2.75, 3.05) is 31.3 Å². The minimum absolute atomic E-state index is 0.259. The van der Waals surface area contributed by atoms with Crippen molar-refractivity contribution in [3.05, 3.63) is 47.4 Å². The molecule has 0 radical (unpaired) electrons. The quantitative estimate of drug-likeness (QED) is 0.828. The first-order chi connectivity index (χ1) is 13.4. The van der Waals surface area contributed by atoms with Crippen molar-refractivity contribution in [3.63, 3.8) is 0 Å². The number of hydrogen-bond acceptors (Lipinski definition) is 5. The summed E-state index contributed by atoms with van der Waals surface area (Å²) >= 11 is 0. The highest BCUT2D eigenvalue weighted by atomic mass is 32.2. The van der Waals surface area contributed by atoms with Crippen LogP contribution >= 0.6 is 0 Å². The van der Waals surface area contributed by atoms with Gasteiger partial charge in [-0.05, 0) is 53.6 Å². The van der Waals surface area contributed by atoms with Crippen molar-refractivity contribution >= 4 is 15.8 Å². The summed E-state index contributed by atoms with van der Waals surface area (Å²) in [5, 5.41) is 3.41. The zero-order chi connectivity index (χ0) is 19.7. The van der Waals surface area contributed by atoms with E-state index in [2.05, 4.69) is 10.3 Å². The van der Waals surface area contributed by atoms with E-state index in [9.17, 15) is 12.8 Å². The number of ether oxygens (including phenoxy) is 1. The van der Waals surface area contributed by atoms with E-state index in [1.165, 1.54) is 22.7 Å². The Morgan fingerprint density at radius 2 is 1.93 bits per heavy atom. The van der Waals surface area contributed by atoms with Crippen LogP contribution in [-0.2, 0) is 27.8 Å². The topological polar surface area (TPSA) is 71.5 Å². The first kappa shape index (κ1) is 19.3. The number of rotatable bonds is 5. The summed E-state index contributed by atoms with van der Waals surface area (Å²) in [4.78, 5) is 4.68. The first-order valence-corrected chi connectivity index (χ1v) is 11.3. The molecule has 2 aliphatic heterocycles. The number of pyridine rings is 1. The Morgan fingerprint density at radius 3 is 2.61 bits per heavy atom. The zero-order valence-corrected chi connectivity index (χ0v) is 16.6.